The standard InChI is InChI=1S/C10H11N5OS/c1-6(5-11)17-10-14-13-9(15(10)12)8-3-4-16-7(8)2/h3-4,6H,12H2,1-2H3. The van der Waals surface area contributed by atoms with E-state index < -0.39 is 0 Å². The molecule has 2 aromatic heterocycles. The van der Waals surface area contributed by atoms with E-state index in [2.05, 4.69) is 16.3 Å². The largest absolute Gasteiger partial charge is 0.469 e. The summed E-state index contributed by atoms with van der Waals surface area (Å²) < 4.78 is 6.56. The fourth-order valence-electron chi connectivity index (χ4n) is 1.34. The van der Waals surface area contributed by atoms with E-state index in [-0.39, 0.29) is 5.25 Å². The fraction of sp³-hybridized carbons (Fsp3) is 0.300. The molecule has 2 rings (SSSR count). The molecule has 7 heteroatoms. The van der Waals surface area contributed by atoms with Crippen LogP contribution >= 0.6 is 11.8 Å². The molecule has 0 amide bonds. The van der Waals surface area contributed by atoms with Crippen molar-refractivity contribution in [2.75, 3.05) is 5.84 Å². The molecule has 0 spiro atoms. The van der Waals surface area contributed by atoms with Crippen molar-refractivity contribution in [3.63, 3.8) is 0 Å². The Labute approximate surface area is 102 Å². The van der Waals surface area contributed by atoms with Gasteiger partial charge in [0.05, 0.1) is 23.1 Å². The Balaban J connectivity index is 2.34. The van der Waals surface area contributed by atoms with E-state index in [9.17, 15) is 0 Å². The second-order valence-corrected chi connectivity index (χ2v) is 4.76. The summed E-state index contributed by atoms with van der Waals surface area (Å²) in [6.07, 6.45) is 1.57. The van der Waals surface area contributed by atoms with Gasteiger partial charge in [-0.25, -0.2) is 4.68 Å². The Morgan fingerprint density at radius 1 is 1.59 bits per heavy atom. The number of aromatic nitrogens is 3. The Hall–Kier alpha value is -1.94. The van der Waals surface area contributed by atoms with Crippen LogP contribution in [0.25, 0.3) is 11.4 Å². The first-order chi connectivity index (χ1) is 8.13. The monoisotopic (exact) mass is 249 g/mol. The average molecular weight is 249 g/mol. The summed E-state index contributed by atoms with van der Waals surface area (Å²) in [4.78, 5) is 0. The number of hydrogen-bond donors (Lipinski definition) is 1. The van der Waals surface area contributed by atoms with Gasteiger partial charge in [-0.1, -0.05) is 11.8 Å². The van der Waals surface area contributed by atoms with Crippen LogP contribution in [-0.4, -0.2) is 20.1 Å². The second-order valence-electron chi connectivity index (χ2n) is 3.46. The maximum absolute atomic E-state index is 8.74. The molecule has 88 valence electrons. The van der Waals surface area contributed by atoms with E-state index in [0.29, 0.717) is 11.0 Å². The smallest absolute Gasteiger partial charge is 0.211 e. The van der Waals surface area contributed by atoms with Gasteiger partial charge in [0, 0.05) is 0 Å². The number of nitrogens with zero attached hydrogens (tertiary/aromatic N) is 4. The van der Waals surface area contributed by atoms with Crippen LogP contribution in [0.4, 0.5) is 0 Å². The fourth-order valence-corrected chi connectivity index (χ4v) is 2.00. The molecule has 1 atom stereocenters. The highest BCUT2D eigenvalue weighted by molar-refractivity contribution is 8.00. The number of thioether (sulfide) groups is 1. The molecule has 2 aromatic rings. The Bertz CT molecular complexity index is 568. The van der Waals surface area contributed by atoms with Crippen LogP contribution in [0.2, 0.25) is 0 Å². The minimum absolute atomic E-state index is 0.222. The van der Waals surface area contributed by atoms with Crippen molar-refractivity contribution < 1.29 is 4.42 Å². The van der Waals surface area contributed by atoms with E-state index in [1.54, 1.807) is 19.3 Å². The van der Waals surface area contributed by atoms with Crippen LogP contribution in [0.3, 0.4) is 0 Å². The van der Waals surface area contributed by atoms with Crippen molar-refractivity contribution in [1.29, 1.82) is 5.26 Å². The van der Waals surface area contributed by atoms with Crippen LogP contribution in [0.15, 0.2) is 21.9 Å². The van der Waals surface area contributed by atoms with Crippen LogP contribution in [0, 0.1) is 18.3 Å². The van der Waals surface area contributed by atoms with Crippen molar-refractivity contribution in [2.24, 2.45) is 0 Å². The predicted octanol–water partition coefficient (Wildman–Crippen LogP) is 1.56. The number of nitrogens with two attached hydrogens (primary N) is 1. The van der Waals surface area contributed by atoms with E-state index in [1.807, 2.05) is 6.92 Å². The lowest BCUT2D eigenvalue weighted by molar-refractivity contribution is 0.535. The molecule has 0 fully saturated rings. The summed E-state index contributed by atoms with van der Waals surface area (Å²) in [5.74, 6) is 7.15. The number of nitriles is 1. The maximum Gasteiger partial charge on any atom is 0.211 e. The number of aryl methyl sites for hydroxylation is 1. The summed E-state index contributed by atoms with van der Waals surface area (Å²) in [6, 6.07) is 3.89. The van der Waals surface area contributed by atoms with Crippen LogP contribution in [0.5, 0.6) is 0 Å². The SMILES string of the molecule is Cc1occc1-c1nnc(SC(C)C#N)n1N. The predicted molar refractivity (Wildman–Crippen MR) is 63.5 cm³/mol. The van der Waals surface area contributed by atoms with Crippen molar-refractivity contribution in [3.05, 3.63) is 18.1 Å². The quantitative estimate of drug-likeness (QED) is 0.655. The van der Waals surface area contributed by atoms with Gasteiger partial charge in [-0.15, -0.1) is 10.2 Å². The molecule has 2 N–H and O–H groups in total. The van der Waals surface area contributed by atoms with Crippen LogP contribution < -0.4 is 5.84 Å². The molecule has 0 aliphatic heterocycles. The van der Waals surface area contributed by atoms with Gasteiger partial charge in [-0.2, -0.15) is 5.26 Å². The number of nitrogen functional groups attached to an aromatic ring is 1. The highest BCUT2D eigenvalue weighted by atomic mass is 32.2. The van der Waals surface area contributed by atoms with Crippen molar-refractivity contribution in [1.82, 2.24) is 14.9 Å². The highest BCUT2D eigenvalue weighted by Gasteiger charge is 2.17. The Morgan fingerprint density at radius 3 is 2.94 bits per heavy atom. The molecule has 2 heterocycles. The normalized spacial score (nSPS) is 12.3. The summed E-state index contributed by atoms with van der Waals surface area (Å²) >= 11 is 1.27. The zero-order valence-electron chi connectivity index (χ0n) is 9.41. The molecular formula is C10H11N5OS. The van der Waals surface area contributed by atoms with Crippen molar-refractivity contribution in [2.45, 2.75) is 24.3 Å². The summed E-state index contributed by atoms with van der Waals surface area (Å²) in [5, 5.41) is 17.0. The van der Waals surface area contributed by atoms with E-state index >= 15 is 0 Å². The molecule has 0 aliphatic carbocycles. The molecule has 0 bridgehead atoms. The lowest BCUT2D eigenvalue weighted by atomic mass is 10.2. The van der Waals surface area contributed by atoms with Gasteiger partial charge in [0.25, 0.3) is 0 Å². The second kappa shape index (κ2) is 4.51. The average Bonchev–Trinajstić information content (AvgIpc) is 2.87. The van der Waals surface area contributed by atoms with Gasteiger partial charge >= 0.3 is 0 Å². The zero-order valence-corrected chi connectivity index (χ0v) is 10.2. The molecule has 1 unspecified atom stereocenters. The topological polar surface area (TPSA) is 93.7 Å². The number of furan rings is 1. The first kappa shape index (κ1) is 11.5. The van der Waals surface area contributed by atoms with Gasteiger partial charge in [0.15, 0.2) is 5.82 Å². The van der Waals surface area contributed by atoms with Gasteiger partial charge in [0.1, 0.15) is 5.76 Å². The third-order valence-electron chi connectivity index (χ3n) is 2.23. The molecular weight excluding hydrogens is 238 g/mol. The number of hydrogen-bond acceptors (Lipinski definition) is 6. The molecule has 6 nitrogen and oxygen atoms in total. The van der Waals surface area contributed by atoms with E-state index in [1.165, 1.54) is 16.4 Å². The Morgan fingerprint density at radius 2 is 2.35 bits per heavy atom. The summed E-state index contributed by atoms with van der Waals surface area (Å²) in [7, 11) is 0. The first-order valence-electron chi connectivity index (χ1n) is 4.94. The summed E-state index contributed by atoms with van der Waals surface area (Å²) in [6.45, 7) is 3.61. The molecule has 0 saturated carbocycles. The van der Waals surface area contributed by atoms with Crippen LogP contribution in [-0.2, 0) is 0 Å². The minimum atomic E-state index is -0.222. The van der Waals surface area contributed by atoms with Crippen molar-refractivity contribution >= 4 is 11.8 Å². The maximum atomic E-state index is 8.74. The number of rotatable bonds is 3. The van der Waals surface area contributed by atoms with Gasteiger partial charge < -0.3 is 10.3 Å². The first-order valence-corrected chi connectivity index (χ1v) is 5.82. The highest BCUT2D eigenvalue weighted by Crippen LogP contribution is 2.26. The van der Waals surface area contributed by atoms with Gasteiger partial charge in [0.2, 0.25) is 5.16 Å². The molecule has 0 aromatic carbocycles. The molecule has 17 heavy (non-hydrogen) atoms. The van der Waals surface area contributed by atoms with Crippen LogP contribution in [0.1, 0.15) is 12.7 Å². The molecule has 0 aliphatic rings. The van der Waals surface area contributed by atoms with E-state index in [0.717, 1.165) is 11.3 Å². The zero-order chi connectivity index (χ0) is 12.4. The van der Waals surface area contributed by atoms with Gasteiger partial charge in [-0.05, 0) is 19.9 Å². The van der Waals surface area contributed by atoms with E-state index in [4.69, 9.17) is 15.5 Å². The molecule has 0 radical (unpaired) electrons. The minimum Gasteiger partial charge on any atom is -0.469 e. The third-order valence-corrected chi connectivity index (χ3v) is 3.18. The van der Waals surface area contributed by atoms with Crippen molar-refractivity contribution in [3.8, 4) is 17.5 Å². The molecule has 0 saturated heterocycles. The lowest BCUT2D eigenvalue weighted by Crippen LogP contribution is -2.12. The third kappa shape index (κ3) is 2.12. The Kier molecular flexibility index (Phi) is 3.06. The lowest BCUT2D eigenvalue weighted by Gasteiger charge is -2.03. The summed E-state index contributed by atoms with van der Waals surface area (Å²) in [5.41, 5.74) is 0.802. The van der Waals surface area contributed by atoms with Gasteiger partial charge in [-0.3, -0.25) is 0 Å².